The van der Waals surface area contributed by atoms with Crippen molar-refractivity contribution >= 4 is 5.97 Å². The highest BCUT2D eigenvalue weighted by Gasteiger charge is 2.42. The number of likely N-dealkylation sites (N-methyl/N-ethyl adjacent to an activating group) is 1. The molecule has 2 rings (SSSR count). The van der Waals surface area contributed by atoms with Gasteiger partial charge in [-0.3, -0.25) is 4.79 Å². The lowest BCUT2D eigenvalue weighted by Crippen LogP contribution is -2.43. The van der Waals surface area contributed by atoms with E-state index in [4.69, 9.17) is 5.11 Å². The summed E-state index contributed by atoms with van der Waals surface area (Å²) < 4.78 is 0. The SMILES string of the molecule is CN(CCc1ccccc1)[C@@H]1[C@@H](CC=CCCCC(=O)O)[C@@H](O)C[C@H]1O. The summed E-state index contributed by atoms with van der Waals surface area (Å²) >= 11 is 0. The molecule has 0 aromatic heterocycles. The van der Waals surface area contributed by atoms with Crippen LogP contribution in [0.2, 0.25) is 0 Å². The van der Waals surface area contributed by atoms with Crippen LogP contribution in [0.15, 0.2) is 42.5 Å². The highest BCUT2D eigenvalue weighted by atomic mass is 16.4. The van der Waals surface area contributed by atoms with Crippen molar-refractivity contribution in [2.45, 2.75) is 56.8 Å². The van der Waals surface area contributed by atoms with Gasteiger partial charge in [0.25, 0.3) is 0 Å². The Morgan fingerprint density at radius 3 is 2.62 bits per heavy atom. The number of aliphatic hydroxyl groups excluding tert-OH is 2. The Balaban J connectivity index is 1.85. The average Bonchev–Trinajstić information content (AvgIpc) is 2.90. The number of aliphatic hydroxyl groups is 2. The van der Waals surface area contributed by atoms with E-state index in [0.717, 1.165) is 19.4 Å². The first kappa shape index (κ1) is 20.6. The molecule has 26 heavy (non-hydrogen) atoms. The van der Waals surface area contributed by atoms with Crippen LogP contribution in [0.5, 0.6) is 0 Å². The monoisotopic (exact) mass is 361 g/mol. The summed E-state index contributed by atoms with van der Waals surface area (Å²) in [5, 5.41) is 29.4. The summed E-state index contributed by atoms with van der Waals surface area (Å²) in [5.41, 5.74) is 1.27. The number of hydrogen-bond donors (Lipinski definition) is 3. The molecule has 0 spiro atoms. The highest BCUT2D eigenvalue weighted by molar-refractivity contribution is 5.66. The number of carboxylic acids is 1. The molecule has 0 radical (unpaired) electrons. The van der Waals surface area contributed by atoms with Crippen LogP contribution in [-0.2, 0) is 11.2 Å². The third kappa shape index (κ3) is 6.24. The molecular weight excluding hydrogens is 330 g/mol. The minimum atomic E-state index is -0.771. The fraction of sp³-hybridized carbons (Fsp3) is 0.571. The molecule has 0 amide bonds. The van der Waals surface area contributed by atoms with Crippen LogP contribution in [0.25, 0.3) is 0 Å². The third-order valence-electron chi connectivity index (χ3n) is 5.25. The fourth-order valence-electron chi connectivity index (χ4n) is 3.83. The number of aliphatic carboxylic acids is 1. The van der Waals surface area contributed by atoms with Gasteiger partial charge >= 0.3 is 5.97 Å². The van der Waals surface area contributed by atoms with Crippen LogP contribution in [-0.4, -0.2) is 58.0 Å². The van der Waals surface area contributed by atoms with Gasteiger partial charge in [-0.25, -0.2) is 0 Å². The molecular formula is C21H31NO4. The first-order chi connectivity index (χ1) is 12.5. The number of unbranched alkanes of at least 4 members (excludes halogenated alkanes) is 1. The molecule has 5 nitrogen and oxygen atoms in total. The van der Waals surface area contributed by atoms with Crippen LogP contribution in [0, 0.1) is 5.92 Å². The van der Waals surface area contributed by atoms with Gasteiger partial charge in [0.05, 0.1) is 12.2 Å². The Hall–Kier alpha value is -1.69. The summed E-state index contributed by atoms with van der Waals surface area (Å²) in [6.07, 6.45) is 6.55. The predicted octanol–water partition coefficient (Wildman–Crippen LogP) is 2.47. The molecule has 0 saturated heterocycles. The van der Waals surface area contributed by atoms with Gasteiger partial charge < -0.3 is 20.2 Å². The Kier molecular flexibility index (Phi) is 8.29. The Labute approximate surface area is 156 Å². The van der Waals surface area contributed by atoms with E-state index < -0.39 is 18.2 Å². The number of rotatable bonds is 10. The first-order valence-electron chi connectivity index (χ1n) is 9.46. The number of benzene rings is 1. The maximum atomic E-state index is 10.5. The van der Waals surface area contributed by atoms with Crippen LogP contribution < -0.4 is 0 Å². The summed E-state index contributed by atoms with van der Waals surface area (Å²) in [6, 6.07) is 10.2. The van der Waals surface area contributed by atoms with Crippen molar-refractivity contribution in [2.24, 2.45) is 5.92 Å². The van der Waals surface area contributed by atoms with Crippen LogP contribution in [0.3, 0.4) is 0 Å². The second-order valence-electron chi connectivity index (χ2n) is 7.23. The molecule has 0 heterocycles. The summed E-state index contributed by atoms with van der Waals surface area (Å²) in [6.45, 7) is 0.831. The van der Waals surface area contributed by atoms with Crippen molar-refractivity contribution < 1.29 is 20.1 Å². The van der Waals surface area contributed by atoms with Gasteiger partial charge in [-0.2, -0.15) is 0 Å². The zero-order chi connectivity index (χ0) is 18.9. The average molecular weight is 361 g/mol. The van der Waals surface area contributed by atoms with Crippen molar-refractivity contribution in [3.63, 3.8) is 0 Å². The molecule has 5 heteroatoms. The van der Waals surface area contributed by atoms with E-state index in [1.165, 1.54) is 5.56 Å². The normalized spacial score (nSPS) is 26.0. The summed E-state index contributed by atoms with van der Waals surface area (Å²) in [4.78, 5) is 12.7. The van der Waals surface area contributed by atoms with Gasteiger partial charge in [-0.05, 0) is 38.3 Å². The topological polar surface area (TPSA) is 81.0 Å². The standard InChI is InChI=1S/C21H31NO4/c1-22(14-13-16-9-5-4-6-10-16)21-17(18(23)15-19(21)24)11-7-2-3-8-12-20(25)26/h2,4-7,9-10,17-19,21,23-24H,3,8,11-15H2,1H3,(H,25,26)/t17-,18-,19+,21+/m0/s1. The fourth-order valence-corrected chi connectivity index (χ4v) is 3.83. The molecule has 0 bridgehead atoms. The zero-order valence-electron chi connectivity index (χ0n) is 15.5. The van der Waals surface area contributed by atoms with E-state index >= 15 is 0 Å². The molecule has 0 aliphatic heterocycles. The van der Waals surface area contributed by atoms with E-state index in [0.29, 0.717) is 19.3 Å². The Bertz CT molecular complexity index is 575. The Morgan fingerprint density at radius 2 is 1.92 bits per heavy atom. The summed E-state index contributed by atoms with van der Waals surface area (Å²) in [5.74, 6) is -0.769. The van der Waals surface area contributed by atoms with Crippen molar-refractivity contribution in [3.05, 3.63) is 48.0 Å². The molecule has 1 aliphatic carbocycles. The molecule has 1 saturated carbocycles. The molecule has 0 unspecified atom stereocenters. The van der Waals surface area contributed by atoms with E-state index in [2.05, 4.69) is 17.0 Å². The smallest absolute Gasteiger partial charge is 0.303 e. The molecule has 1 fully saturated rings. The summed E-state index contributed by atoms with van der Waals surface area (Å²) in [7, 11) is 2.01. The number of hydrogen-bond acceptors (Lipinski definition) is 4. The van der Waals surface area contributed by atoms with Gasteiger partial charge in [-0.1, -0.05) is 42.5 Å². The molecule has 3 N–H and O–H groups in total. The first-order valence-corrected chi connectivity index (χ1v) is 9.46. The lowest BCUT2D eigenvalue weighted by molar-refractivity contribution is -0.137. The van der Waals surface area contributed by atoms with Gasteiger partial charge in [0, 0.05) is 31.3 Å². The van der Waals surface area contributed by atoms with Crippen molar-refractivity contribution in [3.8, 4) is 0 Å². The number of allylic oxidation sites excluding steroid dienone is 2. The lowest BCUT2D eigenvalue weighted by Gasteiger charge is -2.32. The number of carboxylic acid groups (broad SMARTS) is 1. The quantitative estimate of drug-likeness (QED) is 0.441. The van der Waals surface area contributed by atoms with Gasteiger partial charge in [-0.15, -0.1) is 0 Å². The number of carbonyl (C=O) groups is 1. The molecule has 1 aromatic rings. The maximum Gasteiger partial charge on any atom is 0.303 e. The largest absolute Gasteiger partial charge is 0.481 e. The van der Waals surface area contributed by atoms with E-state index in [1.807, 2.05) is 37.4 Å². The van der Waals surface area contributed by atoms with Gasteiger partial charge in [0.2, 0.25) is 0 Å². The van der Waals surface area contributed by atoms with Crippen LogP contribution in [0.4, 0.5) is 0 Å². The van der Waals surface area contributed by atoms with E-state index in [-0.39, 0.29) is 18.4 Å². The maximum absolute atomic E-state index is 10.5. The lowest BCUT2D eigenvalue weighted by atomic mass is 9.95. The predicted molar refractivity (Wildman–Crippen MR) is 102 cm³/mol. The molecule has 144 valence electrons. The second kappa shape index (κ2) is 10.5. The van der Waals surface area contributed by atoms with Gasteiger partial charge in [0.1, 0.15) is 0 Å². The van der Waals surface area contributed by atoms with E-state index in [9.17, 15) is 15.0 Å². The van der Waals surface area contributed by atoms with Crippen molar-refractivity contribution in [2.75, 3.05) is 13.6 Å². The molecule has 1 aliphatic rings. The van der Waals surface area contributed by atoms with Crippen molar-refractivity contribution in [1.29, 1.82) is 0 Å². The van der Waals surface area contributed by atoms with E-state index in [1.54, 1.807) is 0 Å². The molecule has 4 atom stereocenters. The minimum absolute atomic E-state index is 0.00139. The zero-order valence-corrected chi connectivity index (χ0v) is 15.5. The second-order valence-corrected chi connectivity index (χ2v) is 7.23. The third-order valence-corrected chi connectivity index (χ3v) is 5.25. The van der Waals surface area contributed by atoms with Crippen molar-refractivity contribution in [1.82, 2.24) is 4.90 Å². The minimum Gasteiger partial charge on any atom is -0.481 e. The molecule has 1 aromatic carbocycles. The van der Waals surface area contributed by atoms with Gasteiger partial charge in [0.15, 0.2) is 0 Å². The number of nitrogens with zero attached hydrogens (tertiary/aromatic N) is 1. The van der Waals surface area contributed by atoms with Crippen LogP contribution in [0.1, 0.15) is 37.7 Å². The Morgan fingerprint density at radius 1 is 1.19 bits per heavy atom. The van der Waals surface area contributed by atoms with Crippen LogP contribution >= 0.6 is 0 Å². The highest BCUT2D eigenvalue weighted by Crippen LogP contribution is 2.33.